The number of halogens is 1. The first-order chi connectivity index (χ1) is 8.69. The Labute approximate surface area is 110 Å². The zero-order valence-corrected chi connectivity index (χ0v) is 11.5. The maximum atomic E-state index is 13.6. The lowest BCUT2D eigenvalue weighted by atomic mass is 10.0. The molecule has 1 nitrogen and oxygen atoms in total. The van der Waals surface area contributed by atoms with Crippen LogP contribution in [0.4, 0.5) is 4.39 Å². The zero-order chi connectivity index (χ0) is 13.4. The number of aryl methyl sites for hydroxylation is 1. The third-order valence-corrected chi connectivity index (χ3v) is 2.97. The quantitative estimate of drug-likeness (QED) is 0.750. The van der Waals surface area contributed by atoms with E-state index in [4.69, 9.17) is 0 Å². The Morgan fingerprint density at radius 3 is 2.78 bits per heavy atom. The van der Waals surface area contributed by atoms with Gasteiger partial charge in [-0.05, 0) is 50.4 Å². The molecule has 98 valence electrons. The van der Waals surface area contributed by atoms with Crippen LogP contribution in [0.3, 0.4) is 0 Å². The molecule has 1 unspecified atom stereocenters. The van der Waals surface area contributed by atoms with E-state index in [2.05, 4.69) is 24.1 Å². The van der Waals surface area contributed by atoms with Crippen LogP contribution in [0.15, 0.2) is 18.2 Å². The summed E-state index contributed by atoms with van der Waals surface area (Å²) in [5.41, 5.74) is 1.71. The first-order valence-electron chi connectivity index (χ1n) is 6.58. The minimum atomic E-state index is -0.127. The van der Waals surface area contributed by atoms with Crippen molar-refractivity contribution in [2.45, 2.75) is 46.1 Å². The van der Waals surface area contributed by atoms with Crippen LogP contribution in [-0.4, -0.2) is 6.54 Å². The van der Waals surface area contributed by atoms with Gasteiger partial charge >= 0.3 is 0 Å². The first-order valence-corrected chi connectivity index (χ1v) is 6.58. The molecule has 0 aliphatic heterocycles. The summed E-state index contributed by atoms with van der Waals surface area (Å²) in [6.07, 6.45) is 2.83. The van der Waals surface area contributed by atoms with E-state index < -0.39 is 0 Å². The first kappa shape index (κ1) is 14.7. The summed E-state index contributed by atoms with van der Waals surface area (Å²) < 4.78 is 13.6. The van der Waals surface area contributed by atoms with Crippen LogP contribution in [0.25, 0.3) is 0 Å². The largest absolute Gasteiger partial charge is 0.310 e. The molecule has 1 aromatic carbocycles. The summed E-state index contributed by atoms with van der Waals surface area (Å²) in [4.78, 5) is 0. The topological polar surface area (TPSA) is 12.0 Å². The summed E-state index contributed by atoms with van der Waals surface area (Å²) in [6, 6.07) is 5.69. The van der Waals surface area contributed by atoms with Gasteiger partial charge in [-0.3, -0.25) is 0 Å². The van der Waals surface area contributed by atoms with Crippen molar-refractivity contribution in [3.8, 4) is 11.8 Å². The number of benzene rings is 1. The van der Waals surface area contributed by atoms with Crippen LogP contribution in [0, 0.1) is 24.6 Å². The third-order valence-electron chi connectivity index (χ3n) is 2.97. The normalized spacial score (nSPS) is 11.8. The van der Waals surface area contributed by atoms with E-state index in [0.29, 0.717) is 5.56 Å². The van der Waals surface area contributed by atoms with Crippen LogP contribution < -0.4 is 5.32 Å². The Kier molecular flexibility index (Phi) is 6.46. The molecule has 0 fully saturated rings. The molecule has 0 heterocycles. The predicted octanol–water partition coefficient (Wildman–Crippen LogP) is 3.98. The smallest absolute Gasteiger partial charge is 0.126 e. The van der Waals surface area contributed by atoms with Crippen LogP contribution in [0.2, 0.25) is 0 Å². The van der Waals surface area contributed by atoms with Gasteiger partial charge in [0.15, 0.2) is 0 Å². The molecule has 0 aromatic heterocycles. The number of rotatable bonds is 6. The monoisotopic (exact) mass is 247 g/mol. The summed E-state index contributed by atoms with van der Waals surface area (Å²) in [7, 11) is 0. The fraction of sp³-hybridized carbons (Fsp3) is 0.500. The highest BCUT2D eigenvalue weighted by atomic mass is 19.1. The summed E-state index contributed by atoms with van der Waals surface area (Å²) in [5, 5.41) is 3.46. The number of nitrogens with one attached hydrogen (secondary N) is 1. The van der Waals surface area contributed by atoms with E-state index >= 15 is 0 Å². The van der Waals surface area contributed by atoms with Gasteiger partial charge in [0.1, 0.15) is 5.82 Å². The average molecular weight is 247 g/mol. The summed E-state index contributed by atoms with van der Waals surface area (Å²) in [6.45, 7) is 6.71. The molecule has 0 saturated heterocycles. The lowest BCUT2D eigenvalue weighted by Crippen LogP contribution is -2.22. The molecule has 0 aliphatic rings. The van der Waals surface area contributed by atoms with Crippen molar-refractivity contribution in [1.82, 2.24) is 5.32 Å². The van der Waals surface area contributed by atoms with E-state index in [9.17, 15) is 4.39 Å². The SMILES string of the molecule is CC#CCCC(NCCC)c1ccc(C)c(F)c1. The van der Waals surface area contributed by atoms with Gasteiger partial charge < -0.3 is 5.32 Å². The van der Waals surface area contributed by atoms with Crippen molar-refractivity contribution in [1.29, 1.82) is 0 Å². The van der Waals surface area contributed by atoms with Crippen molar-refractivity contribution in [3.63, 3.8) is 0 Å². The molecule has 1 rings (SSSR count). The molecular weight excluding hydrogens is 225 g/mol. The van der Waals surface area contributed by atoms with Gasteiger partial charge in [-0.25, -0.2) is 4.39 Å². The lowest BCUT2D eigenvalue weighted by molar-refractivity contribution is 0.501. The summed E-state index contributed by atoms with van der Waals surface area (Å²) >= 11 is 0. The maximum absolute atomic E-state index is 13.6. The van der Waals surface area contributed by atoms with E-state index in [1.807, 2.05) is 19.1 Å². The molecule has 0 radical (unpaired) electrons. The molecule has 0 bridgehead atoms. The number of hydrogen-bond acceptors (Lipinski definition) is 1. The second-order valence-electron chi connectivity index (χ2n) is 4.48. The highest BCUT2D eigenvalue weighted by Gasteiger charge is 2.11. The molecule has 18 heavy (non-hydrogen) atoms. The molecule has 2 heteroatoms. The van der Waals surface area contributed by atoms with E-state index in [0.717, 1.165) is 31.4 Å². The van der Waals surface area contributed by atoms with Gasteiger partial charge in [0, 0.05) is 12.5 Å². The van der Waals surface area contributed by atoms with Crippen molar-refractivity contribution in [3.05, 3.63) is 35.1 Å². The highest BCUT2D eigenvalue weighted by molar-refractivity contribution is 5.26. The van der Waals surface area contributed by atoms with E-state index in [1.165, 1.54) is 0 Å². The minimum Gasteiger partial charge on any atom is -0.310 e. The highest BCUT2D eigenvalue weighted by Crippen LogP contribution is 2.20. The second-order valence-corrected chi connectivity index (χ2v) is 4.48. The lowest BCUT2D eigenvalue weighted by Gasteiger charge is -2.18. The fourth-order valence-electron chi connectivity index (χ4n) is 1.87. The van der Waals surface area contributed by atoms with E-state index in [1.54, 1.807) is 13.0 Å². The van der Waals surface area contributed by atoms with Gasteiger partial charge in [-0.15, -0.1) is 11.8 Å². The molecule has 1 N–H and O–H groups in total. The standard InChI is InChI=1S/C16H22FN/c1-4-6-7-8-16(18-11-5-2)14-10-9-13(3)15(17)12-14/h9-10,12,16,18H,5,7-8,11H2,1-3H3. The minimum absolute atomic E-state index is 0.127. The van der Waals surface area contributed by atoms with Gasteiger partial charge in [0.25, 0.3) is 0 Å². The molecule has 0 aliphatic carbocycles. The Bertz CT molecular complexity index is 428. The van der Waals surface area contributed by atoms with Crippen molar-refractivity contribution in [2.75, 3.05) is 6.54 Å². The van der Waals surface area contributed by atoms with Gasteiger partial charge in [-0.1, -0.05) is 19.1 Å². The van der Waals surface area contributed by atoms with Crippen LogP contribution in [0.1, 0.15) is 50.3 Å². The molecular formula is C16H22FN. The average Bonchev–Trinajstić information content (AvgIpc) is 2.37. The molecule has 0 amide bonds. The van der Waals surface area contributed by atoms with Crippen LogP contribution >= 0.6 is 0 Å². The molecule has 0 spiro atoms. The third kappa shape index (κ3) is 4.50. The van der Waals surface area contributed by atoms with E-state index in [-0.39, 0.29) is 11.9 Å². The van der Waals surface area contributed by atoms with Gasteiger partial charge in [-0.2, -0.15) is 0 Å². The van der Waals surface area contributed by atoms with Gasteiger partial charge in [0.2, 0.25) is 0 Å². The van der Waals surface area contributed by atoms with Crippen molar-refractivity contribution < 1.29 is 4.39 Å². The molecule has 1 atom stereocenters. The van der Waals surface area contributed by atoms with Crippen molar-refractivity contribution >= 4 is 0 Å². The summed E-state index contributed by atoms with van der Waals surface area (Å²) in [5.74, 6) is 5.84. The predicted molar refractivity (Wildman–Crippen MR) is 74.9 cm³/mol. The van der Waals surface area contributed by atoms with Crippen LogP contribution in [-0.2, 0) is 0 Å². The Morgan fingerprint density at radius 2 is 2.17 bits per heavy atom. The maximum Gasteiger partial charge on any atom is 0.126 e. The second kappa shape index (κ2) is 7.89. The Balaban J connectivity index is 2.78. The molecule has 1 aromatic rings. The fourth-order valence-corrected chi connectivity index (χ4v) is 1.87. The Morgan fingerprint density at radius 1 is 1.39 bits per heavy atom. The van der Waals surface area contributed by atoms with Crippen molar-refractivity contribution in [2.24, 2.45) is 0 Å². The van der Waals surface area contributed by atoms with Crippen LogP contribution in [0.5, 0.6) is 0 Å². The number of hydrogen-bond donors (Lipinski definition) is 1. The zero-order valence-electron chi connectivity index (χ0n) is 11.5. The van der Waals surface area contributed by atoms with Gasteiger partial charge in [0.05, 0.1) is 0 Å². The molecule has 0 saturated carbocycles. The Hall–Kier alpha value is -1.33.